The third-order valence-electron chi connectivity index (χ3n) is 5.01. The largest absolute Gasteiger partial charge is 0.426 e. The summed E-state index contributed by atoms with van der Waals surface area (Å²) in [6.45, 7) is 6.85. The lowest BCUT2D eigenvalue weighted by Gasteiger charge is -2.37. The lowest BCUT2D eigenvalue weighted by molar-refractivity contribution is -0.388. The normalized spacial score (nSPS) is 18.1. The van der Waals surface area contributed by atoms with Crippen LogP contribution in [-0.4, -0.2) is 17.4 Å². The van der Waals surface area contributed by atoms with Crippen LogP contribution < -0.4 is 4.74 Å². The summed E-state index contributed by atoms with van der Waals surface area (Å²) in [7, 11) is 0. The Balaban J connectivity index is 2.11. The number of ether oxygens (including phenoxy) is 1. The second-order valence-corrected chi connectivity index (χ2v) is 8.50. The Kier molecular flexibility index (Phi) is 5.25. The van der Waals surface area contributed by atoms with Crippen molar-refractivity contribution in [2.75, 3.05) is 0 Å². The number of rotatable bonds is 4. The van der Waals surface area contributed by atoms with Crippen molar-refractivity contribution in [2.45, 2.75) is 38.9 Å². The van der Waals surface area contributed by atoms with Crippen LogP contribution in [0.4, 0.5) is 0 Å². The first-order valence-corrected chi connectivity index (χ1v) is 10.1. The Hall–Kier alpha value is -3.28. The monoisotopic (exact) mass is 416 g/mol. The molecule has 0 saturated carbocycles. The molecule has 0 saturated heterocycles. The van der Waals surface area contributed by atoms with E-state index in [1.807, 2.05) is 75.4 Å². The average molecular weight is 416 g/mol. The second kappa shape index (κ2) is 7.76. The van der Waals surface area contributed by atoms with Gasteiger partial charge in [-0.1, -0.05) is 60.7 Å². The van der Waals surface area contributed by atoms with Crippen molar-refractivity contribution in [2.24, 2.45) is 0 Å². The zero-order valence-electron chi connectivity index (χ0n) is 18.0. The van der Waals surface area contributed by atoms with Gasteiger partial charge in [0.25, 0.3) is 0 Å². The molecule has 0 N–H and O–H groups in total. The Morgan fingerprint density at radius 1 is 0.903 bits per heavy atom. The van der Waals surface area contributed by atoms with Crippen molar-refractivity contribution >= 4 is 28.6 Å². The van der Waals surface area contributed by atoms with Gasteiger partial charge < -0.3 is 4.74 Å². The van der Waals surface area contributed by atoms with Gasteiger partial charge >= 0.3 is 5.97 Å². The van der Waals surface area contributed by atoms with Gasteiger partial charge in [0.1, 0.15) is 5.75 Å². The molecule has 5 heteroatoms. The molecule has 0 heterocycles. The number of fused-ring (bicyclic) bond motifs is 2. The molecule has 0 radical (unpaired) electrons. The van der Waals surface area contributed by atoms with E-state index < -0.39 is 17.2 Å². The maximum absolute atomic E-state index is 13.6. The van der Waals surface area contributed by atoms with E-state index in [0.717, 1.165) is 16.3 Å². The van der Waals surface area contributed by atoms with Crippen LogP contribution in [0.2, 0.25) is 0 Å². The first-order chi connectivity index (χ1) is 14.7. The molecule has 0 aliphatic heterocycles. The van der Waals surface area contributed by atoms with Gasteiger partial charge in [-0.3, -0.25) is 9.59 Å². The molecule has 1 unspecified atom stereocenters. The lowest BCUT2D eigenvalue weighted by atomic mass is 9.75. The van der Waals surface area contributed by atoms with Crippen molar-refractivity contribution in [1.29, 1.82) is 0 Å². The van der Waals surface area contributed by atoms with Crippen molar-refractivity contribution in [1.82, 2.24) is 0 Å². The molecule has 1 aliphatic carbocycles. The smallest absolute Gasteiger partial charge is 0.308 e. The first kappa shape index (κ1) is 21.0. The topological polar surface area (TPSA) is 61.8 Å². The van der Waals surface area contributed by atoms with Gasteiger partial charge in [-0.05, 0) is 49.2 Å². The maximum atomic E-state index is 13.6. The number of ketones is 1. The van der Waals surface area contributed by atoms with Crippen LogP contribution in [0.1, 0.15) is 44.4 Å². The van der Waals surface area contributed by atoms with E-state index in [9.17, 15) is 9.59 Å². The van der Waals surface area contributed by atoms with E-state index in [-0.39, 0.29) is 11.5 Å². The summed E-state index contributed by atoms with van der Waals surface area (Å²) in [5.41, 5.74) is -0.454. The molecular weight excluding hydrogens is 392 g/mol. The minimum Gasteiger partial charge on any atom is -0.426 e. The summed E-state index contributed by atoms with van der Waals surface area (Å²) in [5.74, 6) is -0.558. The molecule has 3 aromatic rings. The number of carbonyl (C=O) groups is 2. The number of hydrogen-bond donors (Lipinski definition) is 0. The van der Waals surface area contributed by atoms with Crippen molar-refractivity contribution in [3.05, 3.63) is 83.4 Å². The quantitative estimate of drug-likeness (QED) is 0.248. The van der Waals surface area contributed by atoms with E-state index in [1.54, 1.807) is 12.1 Å². The van der Waals surface area contributed by atoms with Gasteiger partial charge in [-0.25, -0.2) is 9.78 Å². The van der Waals surface area contributed by atoms with E-state index in [1.165, 1.54) is 13.0 Å². The summed E-state index contributed by atoms with van der Waals surface area (Å²) in [5, 5.41) is 1.61. The number of benzene rings is 3. The highest BCUT2D eigenvalue weighted by molar-refractivity contribution is 6.09. The molecular formula is C26H24O5. The zero-order chi connectivity index (χ0) is 22.2. The third-order valence-corrected chi connectivity index (χ3v) is 5.01. The van der Waals surface area contributed by atoms with Crippen molar-refractivity contribution in [3.8, 4) is 5.75 Å². The predicted molar refractivity (Wildman–Crippen MR) is 118 cm³/mol. The Bertz CT molecular complexity index is 1200. The van der Waals surface area contributed by atoms with E-state index >= 15 is 0 Å². The van der Waals surface area contributed by atoms with E-state index in [2.05, 4.69) is 0 Å². The minimum absolute atomic E-state index is 0.252. The highest BCUT2D eigenvalue weighted by Crippen LogP contribution is 2.47. The summed E-state index contributed by atoms with van der Waals surface area (Å²) in [4.78, 5) is 37.5. The fraction of sp³-hybridized carbons (Fsp3) is 0.231. The molecule has 0 spiro atoms. The standard InChI is InChI=1S/C26H24O5/c1-17(27)29-22-15-13-18-9-5-7-11-20(18)24(22)26(31-30-25(2,3)4)21-12-8-6-10-19(21)14-16-23(26)28/h5-16H,1-4H3. The highest BCUT2D eigenvalue weighted by atomic mass is 17.2. The van der Waals surface area contributed by atoms with Crippen molar-refractivity contribution in [3.63, 3.8) is 0 Å². The van der Waals surface area contributed by atoms with Crippen LogP contribution in [0, 0.1) is 0 Å². The van der Waals surface area contributed by atoms with E-state index in [0.29, 0.717) is 11.1 Å². The Labute approximate surface area is 181 Å². The molecule has 0 bridgehead atoms. The van der Waals surface area contributed by atoms with Crippen molar-refractivity contribution < 1.29 is 24.1 Å². The maximum Gasteiger partial charge on any atom is 0.308 e. The Morgan fingerprint density at radius 3 is 2.35 bits per heavy atom. The molecule has 1 aliphatic rings. The molecule has 158 valence electrons. The summed E-state index contributed by atoms with van der Waals surface area (Å²) in [6.07, 6.45) is 3.24. The van der Waals surface area contributed by atoms with Crippen LogP contribution in [-0.2, 0) is 25.0 Å². The van der Waals surface area contributed by atoms with Gasteiger partial charge in [0.15, 0.2) is 5.78 Å². The first-order valence-electron chi connectivity index (χ1n) is 10.1. The molecule has 1 atom stereocenters. The average Bonchev–Trinajstić information content (AvgIpc) is 2.72. The molecule has 31 heavy (non-hydrogen) atoms. The van der Waals surface area contributed by atoms with Gasteiger partial charge in [0, 0.05) is 12.5 Å². The number of carbonyl (C=O) groups excluding carboxylic acids is 2. The highest BCUT2D eigenvalue weighted by Gasteiger charge is 2.50. The van der Waals surface area contributed by atoms with Crippen LogP contribution in [0.5, 0.6) is 5.75 Å². The van der Waals surface area contributed by atoms with Gasteiger partial charge in [-0.2, -0.15) is 0 Å². The van der Waals surface area contributed by atoms with Gasteiger partial charge in [0.05, 0.1) is 11.2 Å². The van der Waals surface area contributed by atoms with Gasteiger partial charge in [-0.15, -0.1) is 0 Å². The Morgan fingerprint density at radius 2 is 1.61 bits per heavy atom. The zero-order valence-corrected chi connectivity index (χ0v) is 18.0. The summed E-state index contributed by atoms with van der Waals surface area (Å²) < 4.78 is 5.58. The molecule has 4 rings (SSSR count). The summed E-state index contributed by atoms with van der Waals surface area (Å²) >= 11 is 0. The lowest BCUT2D eigenvalue weighted by Crippen LogP contribution is -2.43. The second-order valence-electron chi connectivity index (χ2n) is 8.50. The molecule has 0 fully saturated rings. The number of esters is 1. The summed E-state index contributed by atoms with van der Waals surface area (Å²) in [6, 6.07) is 18.6. The van der Waals surface area contributed by atoms with Crippen LogP contribution in [0.3, 0.4) is 0 Å². The third kappa shape index (κ3) is 3.78. The predicted octanol–water partition coefficient (Wildman–Crippen LogP) is 5.35. The SMILES string of the molecule is CC(=O)Oc1ccc2ccccc2c1C1(OOC(C)(C)C)C(=O)C=Cc2ccccc21. The van der Waals surface area contributed by atoms with E-state index in [4.69, 9.17) is 14.5 Å². The molecule has 3 aromatic carbocycles. The fourth-order valence-corrected chi connectivity index (χ4v) is 3.81. The molecule has 0 amide bonds. The van der Waals surface area contributed by atoms with Crippen LogP contribution in [0.15, 0.2) is 66.7 Å². The van der Waals surface area contributed by atoms with Crippen LogP contribution in [0.25, 0.3) is 16.8 Å². The molecule has 0 aromatic heterocycles. The number of hydrogen-bond acceptors (Lipinski definition) is 5. The van der Waals surface area contributed by atoms with Crippen LogP contribution >= 0.6 is 0 Å². The minimum atomic E-state index is -1.65. The van der Waals surface area contributed by atoms with Gasteiger partial charge in [0.2, 0.25) is 5.60 Å². The molecule has 5 nitrogen and oxygen atoms in total. The fourth-order valence-electron chi connectivity index (χ4n) is 3.81.